The number of amides is 2. The highest BCUT2D eigenvalue weighted by molar-refractivity contribution is 5.92. The molecule has 2 saturated carbocycles. The fourth-order valence-corrected chi connectivity index (χ4v) is 7.22. The molecule has 3 fully saturated rings. The van der Waals surface area contributed by atoms with Gasteiger partial charge in [0.25, 0.3) is 0 Å². The van der Waals surface area contributed by atoms with Crippen molar-refractivity contribution < 1.29 is 28.3 Å². The van der Waals surface area contributed by atoms with E-state index in [0.29, 0.717) is 29.8 Å². The Morgan fingerprint density at radius 3 is 2.55 bits per heavy atom. The average Bonchev–Trinajstić information content (AvgIpc) is 3.65. The van der Waals surface area contributed by atoms with Crippen LogP contribution in [0.1, 0.15) is 83.3 Å². The summed E-state index contributed by atoms with van der Waals surface area (Å²) >= 11 is 0. The van der Waals surface area contributed by atoms with Crippen LogP contribution in [0.15, 0.2) is 34.6 Å². The Labute approximate surface area is 225 Å². The first-order chi connectivity index (χ1) is 18.4. The summed E-state index contributed by atoms with van der Waals surface area (Å²) in [7, 11) is 1.38. The maximum atomic E-state index is 14.0. The Morgan fingerprint density at radius 2 is 1.87 bits per heavy atom. The number of nitrogens with zero attached hydrogens (tertiary/aromatic N) is 1. The average molecular weight is 527 g/mol. The van der Waals surface area contributed by atoms with Gasteiger partial charge < -0.3 is 24.1 Å². The number of nitrogens with one attached hydrogen (secondary N) is 1. The van der Waals surface area contributed by atoms with E-state index in [-0.39, 0.29) is 37.3 Å². The second-order valence-corrected chi connectivity index (χ2v) is 11.7. The summed E-state index contributed by atoms with van der Waals surface area (Å²) in [4.78, 5) is 42.3. The van der Waals surface area contributed by atoms with Crippen LogP contribution in [0.4, 0.5) is 0 Å². The van der Waals surface area contributed by atoms with E-state index in [1.807, 2.05) is 19.1 Å². The van der Waals surface area contributed by atoms with Gasteiger partial charge in [-0.1, -0.05) is 32.1 Å². The van der Waals surface area contributed by atoms with Gasteiger partial charge in [0.2, 0.25) is 11.8 Å². The first kappa shape index (κ1) is 27.0. The lowest BCUT2D eigenvalue weighted by Gasteiger charge is -2.52. The Hall–Kier alpha value is -2.61. The van der Waals surface area contributed by atoms with Crippen molar-refractivity contribution in [3.63, 3.8) is 0 Å². The minimum Gasteiger partial charge on any atom is -0.468 e. The van der Waals surface area contributed by atoms with Gasteiger partial charge in [-0.25, -0.2) is 0 Å². The number of carbonyl (C=O) groups is 3. The number of methoxy groups -OCH3 is 1. The monoisotopic (exact) mass is 526 g/mol. The SMILES string of the molecule is COC(=O)[C@]12C[C@H](CC(=O)NCC3CCCCC3)C(=O)N(Cc3ccco3)C1=C[C@H](C1CCCC1)O[C@@H]2C. The summed E-state index contributed by atoms with van der Waals surface area (Å²) in [6.45, 7) is 2.75. The van der Waals surface area contributed by atoms with Crippen LogP contribution in [-0.2, 0) is 30.4 Å². The normalized spacial score (nSPS) is 30.6. The van der Waals surface area contributed by atoms with E-state index in [4.69, 9.17) is 13.9 Å². The third-order valence-electron chi connectivity index (χ3n) is 9.36. The molecule has 2 aliphatic carbocycles. The second kappa shape index (κ2) is 11.6. The number of hydrogen-bond donors (Lipinski definition) is 1. The van der Waals surface area contributed by atoms with Gasteiger partial charge in [-0.3, -0.25) is 14.4 Å². The number of likely N-dealkylation sites (tertiary alicyclic amines) is 1. The quantitative estimate of drug-likeness (QED) is 0.492. The number of hydrogen-bond acceptors (Lipinski definition) is 6. The van der Waals surface area contributed by atoms with E-state index >= 15 is 0 Å². The van der Waals surface area contributed by atoms with Crippen LogP contribution in [0, 0.1) is 23.2 Å². The van der Waals surface area contributed by atoms with Crippen LogP contribution in [0.25, 0.3) is 0 Å². The zero-order chi connectivity index (χ0) is 26.7. The molecule has 1 saturated heterocycles. The van der Waals surface area contributed by atoms with Crippen molar-refractivity contribution in [3.8, 4) is 0 Å². The van der Waals surface area contributed by atoms with Gasteiger partial charge in [-0.15, -0.1) is 0 Å². The molecule has 0 unspecified atom stereocenters. The first-order valence-corrected chi connectivity index (χ1v) is 14.5. The lowest BCUT2D eigenvalue weighted by Crippen LogP contribution is -2.60. The molecule has 208 valence electrons. The Balaban J connectivity index is 1.44. The van der Waals surface area contributed by atoms with Gasteiger partial charge in [0.15, 0.2) is 0 Å². The smallest absolute Gasteiger partial charge is 0.320 e. The molecule has 38 heavy (non-hydrogen) atoms. The molecule has 8 heteroatoms. The number of esters is 1. The molecule has 4 aliphatic rings. The van der Waals surface area contributed by atoms with E-state index in [2.05, 4.69) is 5.32 Å². The molecule has 0 aromatic carbocycles. The van der Waals surface area contributed by atoms with Crippen LogP contribution in [0.3, 0.4) is 0 Å². The number of ether oxygens (including phenoxy) is 2. The second-order valence-electron chi connectivity index (χ2n) is 11.7. The van der Waals surface area contributed by atoms with Crippen molar-refractivity contribution in [2.45, 2.75) is 96.3 Å². The molecule has 0 bridgehead atoms. The summed E-state index contributed by atoms with van der Waals surface area (Å²) in [6, 6.07) is 3.61. The molecule has 0 radical (unpaired) electrons. The van der Waals surface area contributed by atoms with Gasteiger partial charge in [0.1, 0.15) is 11.2 Å². The summed E-state index contributed by atoms with van der Waals surface area (Å²) in [5.74, 6) is 0.0981. The summed E-state index contributed by atoms with van der Waals surface area (Å²) < 4.78 is 17.5. The third kappa shape index (κ3) is 5.29. The van der Waals surface area contributed by atoms with Crippen LogP contribution >= 0.6 is 0 Å². The maximum absolute atomic E-state index is 14.0. The van der Waals surface area contributed by atoms with Gasteiger partial charge in [0, 0.05) is 24.6 Å². The van der Waals surface area contributed by atoms with Crippen molar-refractivity contribution in [2.24, 2.45) is 23.2 Å². The van der Waals surface area contributed by atoms with E-state index in [1.54, 1.807) is 17.2 Å². The zero-order valence-corrected chi connectivity index (χ0v) is 22.8. The largest absolute Gasteiger partial charge is 0.468 e. The lowest BCUT2D eigenvalue weighted by molar-refractivity contribution is -0.178. The standard InChI is InChI=1S/C30H42N2O6/c1-20-30(29(35)36-2)17-23(15-27(33)31-18-21-9-4-3-5-10-21)28(34)32(19-24-13-8-14-37-24)26(30)16-25(38-20)22-11-6-7-12-22/h8,13-14,16,20-23,25H,3-7,9-12,15,17-19H2,1-2H3,(H,31,33)/t20-,23+,25-,30+/m1/s1. The Kier molecular flexibility index (Phi) is 8.26. The predicted molar refractivity (Wildman–Crippen MR) is 140 cm³/mol. The van der Waals surface area contributed by atoms with Gasteiger partial charge in [-0.05, 0) is 69.1 Å². The maximum Gasteiger partial charge on any atom is 0.320 e. The van der Waals surface area contributed by atoms with Crippen molar-refractivity contribution >= 4 is 17.8 Å². The molecule has 3 heterocycles. The molecule has 8 nitrogen and oxygen atoms in total. The highest BCUT2D eigenvalue weighted by atomic mass is 16.5. The molecule has 5 rings (SSSR count). The molecular weight excluding hydrogens is 484 g/mol. The van der Waals surface area contributed by atoms with Crippen LogP contribution in [-0.4, -0.2) is 48.5 Å². The number of furan rings is 1. The highest BCUT2D eigenvalue weighted by Crippen LogP contribution is 2.52. The lowest BCUT2D eigenvalue weighted by atomic mass is 9.66. The fraction of sp³-hybridized carbons (Fsp3) is 0.700. The van der Waals surface area contributed by atoms with Crippen molar-refractivity contribution in [3.05, 3.63) is 35.9 Å². The van der Waals surface area contributed by atoms with E-state index in [9.17, 15) is 14.4 Å². The molecule has 2 aliphatic heterocycles. The minimum absolute atomic E-state index is 0.0327. The molecule has 1 aromatic heterocycles. The van der Waals surface area contributed by atoms with Gasteiger partial charge in [-0.2, -0.15) is 0 Å². The van der Waals surface area contributed by atoms with E-state index in [0.717, 1.165) is 38.5 Å². The molecular formula is C30H42N2O6. The molecule has 4 atom stereocenters. The highest BCUT2D eigenvalue weighted by Gasteiger charge is 2.60. The predicted octanol–water partition coefficient (Wildman–Crippen LogP) is 4.74. The van der Waals surface area contributed by atoms with Gasteiger partial charge >= 0.3 is 5.97 Å². The van der Waals surface area contributed by atoms with E-state index < -0.39 is 23.4 Å². The number of piperidine rings is 1. The Morgan fingerprint density at radius 1 is 1.13 bits per heavy atom. The number of rotatable bonds is 8. The zero-order valence-electron chi connectivity index (χ0n) is 22.8. The van der Waals surface area contributed by atoms with Crippen molar-refractivity contribution in [2.75, 3.05) is 13.7 Å². The molecule has 1 aromatic rings. The summed E-state index contributed by atoms with van der Waals surface area (Å²) in [5, 5.41) is 3.07. The first-order valence-electron chi connectivity index (χ1n) is 14.5. The van der Waals surface area contributed by atoms with E-state index in [1.165, 1.54) is 26.4 Å². The number of fused-ring (bicyclic) bond motifs is 1. The molecule has 1 N–H and O–H groups in total. The third-order valence-corrected chi connectivity index (χ3v) is 9.36. The number of carbonyl (C=O) groups excluding carboxylic acids is 3. The fourth-order valence-electron chi connectivity index (χ4n) is 7.22. The summed E-state index contributed by atoms with van der Waals surface area (Å²) in [6.07, 6.45) is 13.6. The summed E-state index contributed by atoms with van der Waals surface area (Å²) in [5.41, 5.74) is -0.529. The van der Waals surface area contributed by atoms with Crippen LogP contribution in [0.2, 0.25) is 0 Å². The van der Waals surface area contributed by atoms with Crippen molar-refractivity contribution in [1.29, 1.82) is 0 Å². The minimum atomic E-state index is -1.17. The topological polar surface area (TPSA) is 98.1 Å². The van der Waals surface area contributed by atoms with Crippen LogP contribution < -0.4 is 5.32 Å². The van der Waals surface area contributed by atoms with Crippen LogP contribution in [0.5, 0.6) is 0 Å². The Bertz CT molecular complexity index is 1020. The molecule has 2 amide bonds. The van der Waals surface area contributed by atoms with Gasteiger partial charge in [0.05, 0.1) is 32.1 Å². The molecule has 0 spiro atoms. The van der Waals surface area contributed by atoms with Crippen molar-refractivity contribution in [1.82, 2.24) is 10.2 Å².